The molecular weight excluding hydrogens is 370 g/mol. The van der Waals surface area contributed by atoms with E-state index in [-0.39, 0.29) is 11.3 Å². The molecule has 0 spiro atoms. The molecule has 2 aromatic heterocycles. The average Bonchev–Trinajstić information content (AvgIpc) is 3.47. The van der Waals surface area contributed by atoms with Gasteiger partial charge in [-0.2, -0.15) is 0 Å². The zero-order valence-corrected chi connectivity index (χ0v) is 16.0. The van der Waals surface area contributed by atoms with Crippen LogP contribution in [0.3, 0.4) is 0 Å². The standard InChI is InChI=1S/C22H21N3O4/c1-15-5-7-16(8-6-15)19-18(20(26)17-4-2-13-29-17)21(27)22(28)25(19)11-3-10-24-12-9-23-14-24/h2,4-9,12-14,19,27H,3,10-11H2,1H3/t19-/m0/s1. The van der Waals surface area contributed by atoms with Crippen LogP contribution in [-0.2, 0) is 11.3 Å². The van der Waals surface area contributed by atoms with Crippen LogP contribution in [0.2, 0.25) is 0 Å². The highest BCUT2D eigenvalue weighted by molar-refractivity contribution is 6.15. The number of aliphatic hydroxyl groups is 1. The van der Waals surface area contributed by atoms with Gasteiger partial charge in [0.1, 0.15) is 0 Å². The van der Waals surface area contributed by atoms with Crippen LogP contribution in [0.25, 0.3) is 0 Å². The molecule has 1 aromatic carbocycles. The van der Waals surface area contributed by atoms with E-state index in [1.54, 1.807) is 23.5 Å². The van der Waals surface area contributed by atoms with Gasteiger partial charge in [0, 0.05) is 25.5 Å². The van der Waals surface area contributed by atoms with Crippen LogP contribution >= 0.6 is 0 Å². The zero-order valence-electron chi connectivity index (χ0n) is 16.0. The van der Waals surface area contributed by atoms with Crippen molar-refractivity contribution in [3.63, 3.8) is 0 Å². The zero-order chi connectivity index (χ0) is 20.4. The van der Waals surface area contributed by atoms with E-state index < -0.39 is 23.5 Å². The van der Waals surface area contributed by atoms with Crippen LogP contribution in [0.1, 0.15) is 34.1 Å². The first-order chi connectivity index (χ1) is 14.1. The van der Waals surface area contributed by atoms with Gasteiger partial charge in [0.2, 0.25) is 5.78 Å². The molecule has 1 aliphatic rings. The Morgan fingerprint density at radius 1 is 1.21 bits per heavy atom. The summed E-state index contributed by atoms with van der Waals surface area (Å²) in [7, 11) is 0. The Morgan fingerprint density at radius 2 is 2.00 bits per heavy atom. The van der Waals surface area contributed by atoms with E-state index in [0.717, 1.165) is 11.1 Å². The van der Waals surface area contributed by atoms with Crippen LogP contribution in [0.4, 0.5) is 0 Å². The topological polar surface area (TPSA) is 88.6 Å². The molecule has 148 valence electrons. The van der Waals surface area contributed by atoms with Crippen LogP contribution in [0.5, 0.6) is 0 Å². The molecule has 7 nitrogen and oxygen atoms in total. The molecule has 0 unspecified atom stereocenters. The normalized spacial score (nSPS) is 16.7. The lowest BCUT2D eigenvalue weighted by Gasteiger charge is -2.27. The summed E-state index contributed by atoms with van der Waals surface area (Å²) in [5.41, 5.74) is 1.89. The second-order valence-corrected chi connectivity index (χ2v) is 7.03. The SMILES string of the molecule is Cc1ccc([C@H]2C(C(=O)c3ccco3)=C(O)C(=O)N2CCCn2ccnc2)cc1. The Bertz CT molecular complexity index is 1030. The largest absolute Gasteiger partial charge is 0.503 e. The van der Waals surface area contributed by atoms with E-state index in [1.165, 1.54) is 12.3 Å². The number of benzene rings is 1. The predicted octanol–water partition coefficient (Wildman–Crippen LogP) is 3.45. The highest BCUT2D eigenvalue weighted by Gasteiger charge is 2.44. The monoisotopic (exact) mass is 391 g/mol. The number of aryl methyl sites for hydroxylation is 2. The number of Topliss-reactive ketones (excluding diaryl/α,β-unsaturated/α-hetero) is 1. The van der Waals surface area contributed by atoms with Crippen molar-refractivity contribution in [1.82, 2.24) is 14.5 Å². The lowest BCUT2D eigenvalue weighted by molar-refractivity contribution is -0.129. The molecule has 1 amide bonds. The van der Waals surface area contributed by atoms with Gasteiger partial charge in [-0.3, -0.25) is 9.59 Å². The summed E-state index contributed by atoms with van der Waals surface area (Å²) in [5.74, 6) is -1.45. The molecule has 7 heteroatoms. The van der Waals surface area contributed by atoms with Crippen molar-refractivity contribution in [2.24, 2.45) is 0 Å². The van der Waals surface area contributed by atoms with E-state index in [1.807, 2.05) is 42.0 Å². The summed E-state index contributed by atoms with van der Waals surface area (Å²) < 4.78 is 7.15. The van der Waals surface area contributed by atoms with Crippen molar-refractivity contribution in [2.45, 2.75) is 25.9 Å². The van der Waals surface area contributed by atoms with Crippen LogP contribution in [-0.4, -0.2) is 37.8 Å². The van der Waals surface area contributed by atoms with Crippen molar-refractivity contribution >= 4 is 11.7 Å². The van der Waals surface area contributed by atoms with E-state index >= 15 is 0 Å². The molecular formula is C22H21N3O4. The number of imidazole rings is 1. The second kappa shape index (κ2) is 7.79. The number of aliphatic hydroxyl groups excluding tert-OH is 1. The van der Waals surface area contributed by atoms with Crippen molar-refractivity contribution in [2.75, 3.05) is 6.54 Å². The first-order valence-corrected chi connectivity index (χ1v) is 9.41. The summed E-state index contributed by atoms with van der Waals surface area (Å²) >= 11 is 0. The van der Waals surface area contributed by atoms with Crippen LogP contribution in [0.15, 0.2) is 77.1 Å². The van der Waals surface area contributed by atoms with Gasteiger partial charge in [-0.15, -0.1) is 0 Å². The van der Waals surface area contributed by atoms with Crippen molar-refractivity contribution in [3.05, 3.63) is 89.6 Å². The third kappa shape index (κ3) is 3.59. The maximum absolute atomic E-state index is 13.0. The highest BCUT2D eigenvalue weighted by atomic mass is 16.3. The third-order valence-corrected chi connectivity index (χ3v) is 5.06. The van der Waals surface area contributed by atoms with E-state index in [0.29, 0.717) is 19.5 Å². The van der Waals surface area contributed by atoms with Gasteiger partial charge >= 0.3 is 0 Å². The maximum Gasteiger partial charge on any atom is 0.290 e. The van der Waals surface area contributed by atoms with Gasteiger partial charge in [0.05, 0.1) is 24.2 Å². The summed E-state index contributed by atoms with van der Waals surface area (Å²) in [6.07, 6.45) is 7.31. The Kier molecular flexibility index (Phi) is 5.03. The summed E-state index contributed by atoms with van der Waals surface area (Å²) in [6, 6.07) is 10.1. The van der Waals surface area contributed by atoms with E-state index in [9.17, 15) is 14.7 Å². The van der Waals surface area contributed by atoms with Crippen LogP contribution < -0.4 is 0 Å². The van der Waals surface area contributed by atoms with Gasteiger partial charge in [0.15, 0.2) is 11.5 Å². The molecule has 0 bridgehead atoms. The number of nitrogens with zero attached hydrogens (tertiary/aromatic N) is 3. The Labute approximate surface area is 167 Å². The molecule has 29 heavy (non-hydrogen) atoms. The van der Waals surface area contributed by atoms with Gasteiger partial charge < -0.3 is 19.0 Å². The fourth-order valence-corrected chi connectivity index (χ4v) is 3.59. The third-order valence-electron chi connectivity index (χ3n) is 5.06. The minimum absolute atomic E-state index is 0.0523. The van der Waals surface area contributed by atoms with Crippen molar-refractivity contribution in [1.29, 1.82) is 0 Å². The molecule has 3 aromatic rings. The Balaban J connectivity index is 1.66. The summed E-state index contributed by atoms with van der Waals surface area (Å²) in [5, 5.41) is 10.6. The van der Waals surface area contributed by atoms with Gasteiger partial charge in [-0.25, -0.2) is 4.98 Å². The highest BCUT2D eigenvalue weighted by Crippen LogP contribution is 2.39. The molecule has 0 aliphatic carbocycles. The predicted molar refractivity (Wildman–Crippen MR) is 105 cm³/mol. The minimum Gasteiger partial charge on any atom is -0.503 e. The maximum atomic E-state index is 13.0. The molecule has 0 saturated heterocycles. The second-order valence-electron chi connectivity index (χ2n) is 7.03. The van der Waals surface area contributed by atoms with E-state index in [4.69, 9.17) is 4.42 Å². The fourth-order valence-electron chi connectivity index (χ4n) is 3.59. The molecule has 1 N–H and O–H groups in total. The first kappa shape index (κ1) is 18.7. The number of rotatable bonds is 7. The number of hydrogen-bond acceptors (Lipinski definition) is 5. The minimum atomic E-state index is -0.663. The van der Waals surface area contributed by atoms with Crippen molar-refractivity contribution in [3.8, 4) is 0 Å². The van der Waals surface area contributed by atoms with Crippen molar-refractivity contribution < 1.29 is 19.1 Å². The molecule has 4 rings (SSSR count). The quantitative estimate of drug-likeness (QED) is 0.623. The first-order valence-electron chi connectivity index (χ1n) is 9.41. The number of furan rings is 1. The molecule has 1 atom stereocenters. The molecule has 1 aliphatic heterocycles. The van der Waals surface area contributed by atoms with Crippen LogP contribution in [0, 0.1) is 6.92 Å². The summed E-state index contributed by atoms with van der Waals surface area (Å²) in [6.45, 7) is 3.02. The number of amides is 1. The average molecular weight is 391 g/mol. The lowest BCUT2D eigenvalue weighted by Crippen LogP contribution is -2.32. The number of hydrogen-bond donors (Lipinski definition) is 1. The number of carbonyl (C=O) groups is 2. The lowest BCUT2D eigenvalue weighted by atomic mass is 9.94. The van der Waals surface area contributed by atoms with E-state index in [2.05, 4.69) is 4.98 Å². The Hall–Kier alpha value is -3.61. The number of aromatic nitrogens is 2. The van der Waals surface area contributed by atoms with Gasteiger partial charge in [0.25, 0.3) is 5.91 Å². The number of carbonyl (C=O) groups excluding carboxylic acids is 2. The van der Waals surface area contributed by atoms with Gasteiger partial charge in [-0.1, -0.05) is 29.8 Å². The number of ketones is 1. The van der Waals surface area contributed by atoms with Gasteiger partial charge in [-0.05, 0) is 31.0 Å². The molecule has 0 saturated carbocycles. The molecule has 0 fully saturated rings. The summed E-state index contributed by atoms with van der Waals surface area (Å²) in [4.78, 5) is 31.4. The molecule has 0 radical (unpaired) electrons. The smallest absolute Gasteiger partial charge is 0.290 e. The fraction of sp³-hybridized carbons (Fsp3) is 0.227. The molecule has 3 heterocycles. The Morgan fingerprint density at radius 3 is 2.66 bits per heavy atom.